The summed E-state index contributed by atoms with van der Waals surface area (Å²) >= 11 is 0. The highest BCUT2D eigenvalue weighted by atomic mass is 16.3. The van der Waals surface area contributed by atoms with Crippen LogP contribution in [0.3, 0.4) is 0 Å². The summed E-state index contributed by atoms with van der Waals surface area (Å²) in [7, 11) is 1.24. The number of aliphatic hydroxyl groups is 2. The van der Waals surface area contributed by atoms with E-state index in [1.807, 2.05) is 0 Å². The topological polar surface area (TPSA) is 108 Å². The van der Waals surface area contributed by atoms with Crippen LogP contribution in [0.1, 0.15) is 5.56 Å². The van der Waals surface area contributed by atoms with Crippen LogP contribution in [-0.2, 0) is 13.6 Å². The van der Waals surface area contributed by atoms with Crippen molar-refractivity contribution in [3.8, 4) is 6.07 Å². The molecule has 0 saturated carbocycles. The first-order chi connectivity index (χ1) is 7.51. The van der Waals surface area contributed by atoms with Gasteiger partial charge >= 0.3 is 5.69 Å². The van der Waals surface area contributed by atoms with Gasteiger partial charge in [-0.15, -0.1) is 0 Å². The lowest BCUT2D eigenvalue weighted by Crippen LogP contribution is -2.41. The number of hydrogen-bond acceptors (Lipinski definition) is 5. The third kappa shape index (κ3) is 2.18. The van der Waals surface area contributed by atoms with Crippen LogP contribution in [-0.4, -0.2) is 32.1 Å². The Morgan fingerprint density at radius 2 is 2.19 bits per heavy atom. The number of nitrogens with zero attached hydrogens (tertiary/aromatic N) is 3. The Morgan fingerprint density at radius 3 is 2.69 bits per heavy atom. The van der Waals surface area contributed by atoms with Crippen molar-refractivity contribution in [2.75, 3.05) is 6.61 Å². The second kappa shape index (κ2) is 4.74. The molecule has 0 amide bonds. The predicted octanol–water partition coefficient (Wildman–Crippen LogP) is -2.23. The molecule has 0 unspecified atom stereocenters. The van der Waals surface area contributed by atoms with Crippen molar-refractivity contribution in [3.63, 3.8) is 0 Å². The highest BCUT2D eigenvalue weighted by molar-refractivity contribution is 5.22. The zero-order valence-corrected chi connectivity index (χ0v) is 8.62. The monoisotopic (exact) mass is 225 g/mol. The lowest BCUT2D eigenvalue weighted by molar-refractivity contribution is 0.0797. The van der Waals surface area contributed by atoms with Gasteiger partial charge in [-0.2, -0.15) is 5.26 Å². The van der Waals surface area contributed by atoms with E-state index in [0.717, 1.165) is 15.3 Å². The molecular formula is C9H11N3O4. The van der Waals surface area contributed by atoms with Gasteiger partial charge in [0, 0.05) is 13.2 Å². The first kappa shape index (κ1) is 12.2. The Labute approximate surface area is 90.4 Å². The van der Waals surface area contributed by atoms with Crippen LogP contribution >= 0.6 is 0 Å². The summed E-state index contributed by atoms with van der Waals surface area (Å²) in [5.74, 6) is 0. The van der Waals surface area contributed by atoms with Gasteiger partial charge in [-0.05, 0) is 0 Å². The molecule has 0 saturated heterocycles. The first-order valence-corrected chi connectivity index (χ1v) is 4.50. The minimum Gasteiger partial charge on any atom is -0.394 e. The van der Waals surface area contributed by atoms with Crippen LogP contribution < -0.4 is 11.2 Å². The van der Waals surface area contributed by atoms with Gasteiger partial charge in [-0.25, -0.2) is 4.79 Å². The largest absolute Gasteiger partial charge is 0.394 e. The van der Waals surface area contributed by atoms with E-state index in [1.165, 1.54) is 7.05 Å². The van der Waals surface area contributed by atoms with Crippen LogP contribution in [0, 0.1) is 11.3 Å². The van der Waals surface area contributed by atoms with Crippen LogP contribution in [0.4, 0.5) is 0 Å². The quantitative estimate of drug-likeness (QED) is 0.605. The van der Waals surface area contributed by atoms with Crippen LogP contribution in [0.25, 0.3) is 0 Å². The van der Waals surface area contributed by atoms with E-state index in [-0.39, 0.29) is 12.1 Å². The molecule has 0 bridgehead atoms. The Morgan fingerprint density at radius 1 is 1.56 bits per heavy atom. The molecule has 7 heteroatoms. The molecule has 1 aromatic rings. The third-order valence-electron chi connectivity index (χ3n) is 2.09. The second-order valence-electron chi connectivity index (χ2n) is 3.29. The molecule has 0 aliphatic carbocycles. The maximum atomic E-state index is 11.5. The van der Waals surface area contributed by atoms with Gasteiger partial charge in [-0.3, -0.25) is 13.9 Å². The normalized spacial score (nSPS) is 12.1. The van der Waals surface area contributed by atoms with Crippen molar-refractivity contribution in [2.24, 2.45) is 7.05 Å². The molecule has 16 heavy (non-hydrogen) atoms. The molecule has 0 aromatic carbocycles. The zero-order chi connectivity index (χ0) is 12.3. The smallest absolute Gasteiger partial charge is 0.330 e. The summed E-state index contributed by atoms with van der Waals surface area (Å²) in [5.41, 5.74) is -1.51. The number of nitriles is 1. The highest BCUT2D eigenvalue weighted by Gasteiger charge is 2.10. The molecule has 0 aliphatic rings. The van der Waals surface area contributed by atoms with E-state index in [9.17, 15) is 14.7 Å². The van der Waals surface area contributed by atoms with Crippen molar-refractivity contribution in [1.82, 2.24) is 9.13 Å². The first-order valence-electron chi connectivity index (χ1n) is 4.50. The van der Waals surface area contributed by atoms with Gasteiger partial charge in [-0.1, -0.05) is 0 Å². The maximum absolute atomic E-state index is 11.5. The van der Waals surface area contributed by atoms with Crippen LogP contribution in [0.5, 0.6) is 0 Å². The molecule has 86 valence electrons. The molecule has 1 heterocycles. The van der Waals surface area contributed by atoms with Gasteiger partial charge < -0.3 is 10.2 Å². The standard InChI is InChI=1S/C9H11N3O4/c1-11-8(15)6(2-10)3-12(9(11)16)4-7(14)5-13/h3,7,13-14H,4-5H2,1H3/t7-/m1/s1. The van der Waals surface area contributed by atoms with Crippen molar-refractivity contribution in [3.05, 3.63) is 32.6 Å². The van der Waals surface area contributed by atoms with E-state index in [4.69, 9.17) is 10.4 Å². The molecule has 0 aliphatic heterocycles. The molecular weight excluding hydrogens is 214 g/mol. The van der Waals surface area contributed by atoms with Crippen LogP contribution in [0.15, 0.2) is 15.8 Å². The number of aliphatic hydroxyl groups excluding tert-OH is 2. The second-order valence-corrected chi connectivity index (χ2v) is 3.29. The summed E-state index contributed by atoms with van der Waals surface area (Å²) in [6.45, 7) is -0.671. The average Bonchev–Trinajstić information content (AvgIpc) is 2.29. The fourth-order valence-electron chi connectivity index (χ4n) is 1.22. The molecule has 7 nitrogen and oxygen atoms in total. The molecule has 0 radical (unpaired) electrons. The third-order valence-corrected chi connectivity index (χ3v) is 2.09. The number of rotatable bonds is 3. The van der Waals surface area contributed by atoms with Crippen molar-refractivity contribution in [2.45, 2.75) is 12.6 Å². The van der Waals surface area contributed by atoms with Crippen LogP contribution in [0.2, 0.25) is 0 Å². The number of hydrogen-bond donors (Lipinski definition) is 2. The van der Waals surface area contributed by atoms with E-state index < -0.39 is 24.0 Å². The summed E-state index contributed by atoms with van der Waals surface area (Å²) in [5, 5.41) is 26.5. The lowest BCUT2D eigenvalue weighted by atomic mass is 10.3. The number of aromatic nitrogens is 2. The van der Waals surface area contributed by atoms with Gasteiger partial charge in [0.25, 0.3) is 5.56 Å². The summed E-state index contributed by atoms with van der Waals surface area (Å²) in [6.07, 6.45) is -0.0365. The van der Waals surface area contributed by atoms with E-state index in [2.05, 4.69) is 0 Å². The summed E-state index contributed by atoms with van der Waals surface area (Å²) in [4.78, 5) is 22.9. The summed E-state index contributed by atoms with van der Waals surface area (Å²) in [6, 6.07) is 1.66. The fraction of sp³-hybridized carbons (Fsp3) is 0.444. The fourth-order valence-corrected chi connectivity index (χ4v) is 1.22. The van der Waals surface area contributed by atoms with E-state index in [0.29, 0.717) is 0 Å². The Kier molecular flexibility index (Phi) is 3.60. The maximum Gasteiger partial charge on any atom is 0.330 e. The molecule has 1 rings (SSSR count). The Hall–Kier alpha value is -1.91. The minimum atomic E-state index is -1.11. The summed E-state index contributed by atoms with van der Waals surface area (Å²) < 4.78 is 1.80. The van der Waals surface area contributed by atoms with Crippen molar-refractivity contribution >= 4 is 0 Å². The van der Waals surface area contributed by atoms with E-state index in [1.54, 1.807) is 6.07 Å². The SMILES string of the molecule is Cn1c(=O)c(C#N)cn(C[C@@H](O)CO)c1=O. The van der Waals surface area contributed by atoms with E-state index >= 15 is 0 Å². The van der Waals surface area contributed by atoms with Crippen molar-refractivity contribution < 1.29 is 10.2 Å². The highest BCUT2D eigenvalue weighted by Crippen LogP contribution is 1.90. The molecule has 0 spiro atoms. The Balaban J connectivity index is 3.32. The predicted molar refractivity (Wildman–Crippen MR) is 53.8 cm³/mol. The van der Waals surface area contributed by atoms with Gasteiger partial charge in [0.2, 0.25) is 0 Å². The Bertz CT molecular complexity index is 537. The average molecular weight is 225 g/mol. The lowest BCUT2D eigenvalue weighted by Gasteiger charge is -2.11. The minimum absolute atomic E-state index is 0.169. The van der Waals surface area contributed by atoms with Crippen molar-refractivity contribution in [1.29, 1.82) is 5.26 Å². The van der Waals surface area contributed by atoms with Gasteiger partial charge in [0.05, 0.1) is 19.3 Å². The molecule has 2 N–H and O–H groups in total. The molecule has 0 fully saturated rings. The zero-order valence-electron chi connectivity index (χ0n) is 8.62. The van der Waals surface area contributed by atoms with Gasteiger partial charge in [0.15, 0.2) is 0 Å². The van der Waals surface area contributed by atoms with Gasteiger partial charge in [0.1, 0.15) is 11.6 Å². The molecule has 1 aromatic heterocycles. The molecule has 1 atom stereocenters.